The van der Waals surface area contributed by atoms with E-state index in [1.807, 2.05) is 0 Å². The van der Waals surface area contributed by atoms with Gasteiger partial charge in [0.15, 0.2) is 0 Å². The van der Waals surface area contributed by atoms with Crippen molar-refractivity contribution in [2.75, 3.05) is 0 Å². The summed E-state index contributed by atoms with van der Waals surface area (Å²) in [5.41, 5.74) is 0. The van der Waals surface area contributed by atoms with Crippen LogP contribution in [0.1, 0.15) is 59.3 Å². The molecule has 0 heterocycles. The Kier molecular flexibility index (Phi) is 3.40. The molecular weight excluding hydrogens is 235 g/mol. The quantitative estimate of drug-likeness (QED) is 0.591. The van der Waals surface area contributed by atoms with Crippen molar-refractivity contribution in [3.63, 3.8) is 0 Å². The molecule has 0 radical (unpaired) electrons. The molecule has 4 fully saturated rings. The van der Waals surface area contributed by atoms with E-state index >= 15 is 0 Å². The fourth-order valence-electron chi connectivity index (χ4n) is 5.06. The van der Waals surface area contributed by atoms with Crippen LogP contribution in [0, 0.1) is 17.8 Å². The highest BCUT2D eigenvalue weighted by atomic mass is 35.5. The van der Waals surface area contributed by atoms with Gasteiger partial charge in [-0.1, -0.05) is 20.8 Å². The smallest absolute Gasteiger partial charge is 0.0109 e. The fourth-order valence-corrected chi connectivity index (χ4v) is 7.82. The van der Waals surface area contributed by atoms with E-state index in [0.717, 1.165) is 22.9 Å². The Balaban J connectivity index is 0.000000963. The van der Waals surface area contributed by atoms with E-state index in [1.165, 1.54) is 8.58 Å². The lowest BCUT2D eigenvalue weighted by Gasteiger charge is -2.58. The van der Waals surface area contributed by atoms with Crippen LogP contribution in [0.25, 0.3) is 0 Å². The second kappa shape index (κ2) is 4.13. The molecule has 4 bridgehead atoms. The molecule has 16 heavy (non-hydrogen) atoms. The molecule has 4 aliphatic carbocycles. The molecule has 0 aromatic carbocycles. The highest BCUT2D eigenvalue weighted by Crippen LogP contribution is 2.64. The lowest BCUT2D eigenvalue weighted by Crippen LogP contribution is -2.49. The number of hydrogen-bond acceptors (Lipinski definition) is 0. The molecule has 4 rings (SSSR count). The molecule has 0 spiro atoms. The van der Waals surface area contributed by atoms with Crippen LogP contribution in [0.4, 0.5) is 0 Å². The first-order chi connectivity index (χ1) is 6.94. The maximum absolute atomic E-state index is 2.45. The topological polar surface area (TPSA) is 0 Å². The molecule has 1 unspecified atom stereocenters. The van der Waals surface area contributed by atoms with Gasteiger partial charge in [0.2, 0.25) is 0 Å². The van der Waals surface area contributed by atoms with Crippen LogP contribution >= 0.6 is 21.0 Å². The third-order valence-corrected chi connectivity index (χ3v) is 6.57. The largest absolute Gasteiger partial charge is 0.147 e. The molecule has 4 saturated carbocycles. The van der Waals surface area contributed by atoms with Crippen LogP contribution in [-0.4, -0.2) is 10.3 Å². The zero-order valence-corrected chi connectivity index (χ0v) is 12.7. The molecule has 0 aliphatic heterocycles. The van der Waals surface area contributed by atoms with Gasteiger partial charge in [-0.05, 0) is 66.6 Å². The Labute approximate surface area is 109 Å². The fraction of sp³-hybridized carbons (Fsp3) is 1.00. The molecule has 0 amide bonds. The summed E-state index contributed by atoms with van der Waals surface area (Å²) in [5.74, 6) is 3.39. The van der Waals surface area contributed by atoms with E-state index in [-0.39, 0.29) is 12.4 Å². The van der Waals surface area contributed by atoms with Gasteiger partial charge in [0, 0.05) is 0 Å². The van der Waals surface area contributed by atoms with Gasteiger partial charge in [-0.3, -0.25) is 0 Å². The highest BCUT2D eigenvalue weighted by molar-refractivity contribution is 7.41. The van der Waals surface area contributed by atoms with Crippen LogP contribution in [0.15, 0.2) is 0 Å². The van der Waals surface area contributed by atoms with E-state index in [2.05, 4.69) is 20.8 Å². The van der Waals surface area contributed by atoms with Gasteiger partial charge in [0.25, 0.3) is 0 Å². The van der Waals surface area contributed by atoms with Gasteiger partial charge in [-0.2, -0.15) is 0 Å². The summed E-state index contributed by atoms with van der Waals surface area (Å²) in [5, 5.41) is 1.39. The van der Waals surface area contributed by atoms with Gasteiger partial charge in [-0.15, -0.1) is 21.0 Å². The normalized spacial score (nSPS) is 46.3. The predicted molar refractivity (Wildman–Crippen MR) is 76.2 cm³/mol. The first kappa shape index (κ1) is 13.2. The molecule has 94 valence electrons. The average Bonchev–Trinajstić information content (AvgIpc) is 1.94. The second-order valence-electron chi connectivity index (χ2n) is 7.57. The van der Waals surface area contributed by atoms with Crippen molar-refractivity contribution in [1.29, 1.82) is 0 Å². The first-order valence-corrected chi connectivity index (χ1v) is 7.73. The molecule has 0 aromatic rings. The van der Waals surface area contributed by atoms with Crippen LogP contribution in [0.5, 0.6) is 0 Å². The molecule has 1 atom stereocenters. The number of rotatable bonds is 1. The van der Waals surface area contributed by atoms with Crippen LogP contribution < -0.4 is 0 Å². The molecule has 0 aromatic heterocycles. The zero-order chi connectivity index (χ0) is 10.7. The highest BCUT2D eigenvalue weighted by Gasteiger charge is 2.51. The molecule has 4 aliphatic rings. The van der Waals surface area contributed by atoms with Crippen molar-refractivity contribution >= 4 is 21.0 Å². The Morgan fingerprint density at radius 2 is 1.25 bits per heavy atom. The van der Waals surface area contributed by atoms with E-state index in [4.69, 9.17) is 0 Å². The van der Waals surface area contributed by atoms with E-state index in [9.17, 15) is 0 Å². The van der Waals surface area contributed by atoms with Crippen LogP contribution in [0.2, 0.25) is 0 Å². The summed E-state index contributed by atoms with van der Waals surface area (Å²) >= 11 is 0. The molecule has 0 N–H and O–H groups in total. The summed E-state index contributed by atoms with van der Waals surface area (Å²) in [6.07, 6.45) is 9.55. The molecule has 0 nitrogen and oxygen atoms in total. The first-order valence-electron chi connectivity index (χ1n) is 6.73. The third-order valence-electron chi connectivity index (χ3n) is 4.68. The Morgan fingerprint density at radius 3 is 1.56 bits per heavy atom. The van der Waals surface area contributed by atoms with Crippen molar-refractivity contribution in [2.45, 2.75) is 69.6 Å². The minimum absolute atomic E-state index is 0. The van der Waals surface area contributed by atoms with Crippen molar-refractivity contribution in [3.05, 3.63) is 0 Å². The molecule has 2 heteroatoms. The van der Waals surface area contributed by atoms with E-state index < -0.39 is 0 Å². The van der Waals surface area contributed by atoms with Gasteiger partial charge >= 0.3 is 0 Å². The van der Waals surface area contributed by atoms with Crippen molar-refractivity contribution in [2.24, 2.45) is 17.8 Å². The SMILES string of the molecule is CC(C)(C)PC12CC3CC(CC(C3)C1)C2.Cl. The van der Waals surface area contributed by atoms with E-state index in [0.29, 0.717) is 5.16 Å². The summed E-state index contributed by atoms with van der Waals surface area (Å²) in [4.78, 5) is 0. The number of halogens is 1. The molecule has 0 saturated heterocycles. The minimum Gasteiger partial charge on any atom is -0.147 e. The van der Waals surface area contributed by atoms with Gasteiger partial charge in [-0.25, -0.2) is 0 Å². The maximum Gasteiger partial charge on any atom is -0.0109 e. The monoisotopic (exact) mass is 260 g/mol. The Hall–Kier alpha value is 0.720. The van der Waals surface area contributed by atoms with Gasteiger partial charge < -0.3 is 0 Å². The van der Waals surface area contributed by atoms with Crippen LogP contribution in [0.3, 0.4) is 0 Å². The van der Waals surface area contributed by atoms with Crippen molar-refractivity contribution in [3.8, 4) is 0 Å². The third kappa shape index (κ3) is 2.44. The summed E-state index contributed by atoms with van der Waals surface area (Å²) in [7, 11) is 1.21. The van der Waals surface area contributed by atoms with Gasteiger partial charge in [0.05, 0.1) is 0 Å². The standard InChI is InChI=1S/C14H25P.ClH/c1-13(2,3)15-14-7-10-4-11(8-14)6-12(5-10)9-14;/h10-12,15H,4-9H2,1-3H3;1H. The average molecular weight is 261 g/mol. The lowest BCUT2D eigenvalue weighted by atomic mass is 9.56. The Bertz CT molecular complexity index is 231. The summed E-state index contributed by atoms with van der Waals surface area (Å²) < 4.78 is 0. The van der Waals surface area contributed by atoms with Crippen molar-refractivity contribution < 1.29 is 0 Å². The number of hydrogen-bond donors (Lipinski definition) is 0. The van der Waals surface area contributed by atoms with Crippen LogP contribution in [-0.2, 0) is 0 Å². The zero-order valence-electron chi connectivity index (χ0n) is 10.9. The summed E-state index contributed by atoms with van der Waals surface area (Å²) in [6, 6.07) is 0. The maximum atomic E-state index is 2.45. The molecular formula is C14H26ClP. The van der Waals surface area contributed by atoms with E-state index in [1.54, 1.807) is 38.5 Å². The second-order valence-corrected chi connectivity index (χ2v) is 10.4. The minimum atomic E-state index is 0. The van der Waals surface area contributed by atoms with Gasteiger partial charge in [0.1, 0.15) is 0 Å². The lowest BCUT2D eigenvalue weighted by molar-refractivity contribution is 0.0361. The van der Waals surface area contributed by atoms with Crippen molar-refractivity contribution in [1.82, 2.24) is 0 Å². The predicted octanol–water partition coefficient (Wildman–Crippen LogP) is 4.85. The Morgan fingerprint density at radius 1 is 0.875 bits per heavy atom. The summed E-state index contributed by atoms with van der Waals surface area (Å²) in [6.45, 7) is 7.35.